The zero-order valence-corrected chi connectivity index (χ0v) is 17.6. The van der Waals surface area contributed by atoms with Gasteiger partial charge >= 0.3 is 0 Å². The first-order valence-corrected chi connectivity index (χ1v) is 9.95. The van der Waals surface area contributed by atoms with E-state index < -0.39 is 0 Å². The largest absolute Gasteiger partial charge is 0.382 e. The number of primary amides is 1. The lowest BCUT2D eigenvalue weighted by Gasteiger charge is -2.21. The van der Waals surface area contributed by atoms with Gasteiger partial charge in [-0.1, -0.05) is 47.0 Å². The number of rotatable bonds is 11. The third-order valence-electron chi connectivity index (χ3n) is 3.87. The van der Waals surface area contributed by atoms with E-state index in [2.05, 4.69) is 0 Å². The number of carbonyl (C=O) groups is 2. The standard InChI is InChI=1S/C10H18O.C8H17NO4.C2H6.H2/c1-8(2)10(11)9-6-4-3-5-7-9;1-11-4-5-13-7-6-12-3-2-8(9)10;1-2;/h8-9H,3-7H2,1-2H3;2-7H2,1H3,(H2,9,10);1-2H3;1H. The lowest BCUT2D eigenvalue weighted by molar-refractivity contribution is -0.126. The molecule has 0 aliphatic heterocycles. The van der Waals surface area contributed by atoms with E-state index in [9.17, 15) is 9.59 Å². The lowest BCUT2D eigenvalue weighted by atomic mass is 9.83. The van der Waals surface area contributed by atoms with Crippen LogP contribution in [0.1, 0.15) is 67.6 Å². The topological polar surface area (TPSA) is 87.8 Å². The predicted octanol–water partition coefficient (Wildman–Crippen LogP) is 3.61. The van der Waals surface area contributed by atoms with E-state index in [4.69, 9.17) is 19.9 Å². The fraction of sp³-hybridized carbons (Fsp3) is 0.900. The summed E-state index contributed by atoms with van der Waals surface area (Å²) in [7, 11) is 1.62. The molecule has 158 valence electrons. The number of Topliss-reactive ketones (excluding diaryl/α,β-unsaturated/α-hetero) is 1. The van der Waals surface area contributed by atoms with E-state index in [0.717, 1.165) is 12.8 Å². The molecular formula is C20H43NO5. The average Bonchev–Trinajstić information content (AvgIpc) is 2.66. The van der Waals surface area contributed by atoms with Gasteiger partial charge in [-0.25, -0.2) is 0 Å². The van der Waals surface area contributed by atoms with Gasteiger partial charge in [0.05, 0.1) is 33.0 Å². The summed E-state index contributed by atoms with van der Waals surface area (Å²) in [5, 5.41) is 0. The van der Waals surface area contributed by atoms with Crippen molar-refractivity contribution in [2.75, 3.05) is 40.1 Å². The molecule has 0 aromatic rings. The monoisotopic (exact) mass is 377 g/mol. The highest BCUT2D eigenvalue weighted by atomic mass is 16.5. The Morgan fingerprint density at radius 3 is 1.92 bits per heavy atom. The van der Waals surface area contributed by atoms with E-state index in [1.165, 1.54) is 19.3 Å². The van der Waals surface area contributed by atoms with E-state index in [1.807, 2.05) is 27.7 Å². The van der Waals surface area contributed by atoms with Gasteiger partial charge in [-0.05, 0) is 12.8 Å². The molecule has 0 atom stereocenters. The Morgan fingerprint density at radius 1 is 0.962 bits per heavy atom. The van der Waals surface area contributed by atoms with Crippen LogP contribution in [-0.2, 0) is 23.8 Å². The Hall–Kier alpha value is -0.980. The number of amides is 1. The first-order valence-electron chi connectivity index (χ1n) is 9.95. The van der Waals surface area contributed by atoms with E-state index in [1.54, 1.807) is 7.11 Å². The zero-order valence-electron chi connectivity index (χ0n) is 17.6. The van der Waals surface area contributed by atoms with E-state index in [0.29, 0.717) is 44.7 Å². The number of carbonyl (C=O) groups excluding carboxylic acids is 2. The molecule has 26 heavy (non-hydrogen) atoms. The number of ketones is 1. The van der Waals surface area contributed by atoms with E-state index in [-0.39, 0.29) is 19.7 Å². The SMILES string of the molecule is CC.CC(C)C(=O)C1CCCCC1.COCCOCCOCCC(N)=O.[HH]. The summed E-state index contributed by atoms with van der Waals surface area (Å²) in [6.45, 7) is 10.5. The van der Waals surface area contributed by atoms with Gasteiger partial charge in [-0.3, -0.25) is 9.59 Å². The lowest BCUT2D eigenvalue weighted by Crippen LogP contribution is -2.21. The Balaban J connectivity index is -0.000000380. The third kappa shape index (κ3) is 17.8. The molecular weight excluding hydrogens is 334 g/mol. The highest BCUT2D eigenvalue weighted by molar-refractivity contribution is 5.82. The molecule has 0 unspecified atom stereocenters. The minimum Gasteiger partial charge on any atom is -0.382 e. The van der Waals surface area contributed by atoms with Crippen LogP contribution >= 0.6 is 0 Å². The number of nitrogens with two attached hydrogens (primary N) is 1. The summed E-state index contributed by atoms with van der Waals surface area (Å²) in [5.41, 5.74) is 4.91. The fourth-order valence-electron chi connectivity index (χ4n) is 2.50. The fourth-order valence-corrected chi connectivity index (χ4v) is 2.50. The van der Waals surface area contributed by atoms with Gasteiger partial charge in [0, 0.05) is 26.8 Å². The van der Waals surface area contributed by atoms with Crippen molar-refractivity contribution in [2.24, 2.45) is 17.6 Å². The van der Waals surface area contributed by atoms with E-state index >= 15 is 0 Å². The Kier molecular flexibility index (Phi) is 21.3. The van der Waals surface area contributed by atoms with Crippen molar-refractivity contribution in [2.45, 2.75) is 66.2 Å². The van der Waals surface area contributed by atoms with Crippen LogP contribution in [0, 0.1) is 11.8 Å². The number of hydrogen-bond donors (Lipinski definition) is 1. The van der Waals surface area contributed by atoms with Gasteiger partial charge in [0.1, 0.15) is 5.78 Å². The van der Waals surface area contributed by atoms with Crippen molar-refractivity contribution >= 4 is 11.7 Å². The molecule has 0 spiro atoms. The molecule has 6 nitrogen and oxygen atoms in total. The second-order valence-corrected chi connectivity index (χ2v) is 6.33. The van der Waals surface area contributed by atoms with Gasteiger partial charge in [-0.2, -0.15) is 0 Å². The molecule has 1 saturated carbocycles. The highest BCUT2D eigenvalue weighted by Crippen LogP contribution is 2.26. The molecule has 1 amide bonds. The van der Waals surface area contributed by atoms with Crippen LogP contribution in [0.25, 0.3) is 0 Å². The van der Waals surface area contributed by atoms with Crippen molar-refractivity contribution in [1.29, 1.82) is 0 Å². The van der Waals surface area contributed by atoms with Crippen molar-refractivity contribution in [3.63, 3.8) is 0 Å². The molecule has 0 radical (unpaired) electrons. The minimum absolute atomic E-state index is 0. The maximum absolute atomic E-state index is 11.5. The van der Waals surface area contributed by atoms with Crippen molar-refractivity contribution in [1.82, 2.24) is 0 Å². The molecule has 0 aromatic heterocycles. The van der Waals surface area contributed by atoms with Gasteiger partial charge < -0.3 is 19.9 Å². The van der Waals surface area contributed by atoms with Crippen molar-refractivity contribution in [3.8, 4) is 0 Å². The Bertz CT molecular complexity index is 334. The molecule has 6 heteroatoms. The number of methoxy groups -OCH3 is 1. The number of ether oxygens (including phenoxy) is 3. The van der Waals surface area contributed by atoms with Gasteiger partial charge in [0.25, 0.3) is 0 Å². The smallest absolute Gasteiger partial charge is 0.219 e. The highest BCUT2D eigenvalue weighted by Gasteiger charge is 2.22. The van der Waals surface area contributed by atoms with Gasteiger partial charge in [-0.15, -0.1) is 0 Å². The summed E-state index contributed by atoms with van der Waals surface area (Å²) in [4.78, 5) is 21.8. The average molecular weight is 378 g/mol. The van der Waals surface area contributed by atoms with Crippen molar-refractivity contribution in [3.05, 3.63) is 0 Å². The third-order valence-corrected chi connectivity index (χ3v) is 3.87. The maximum Gasteiger partial charge on any atom is 0.219 e. The summed E-state index contributed by atoms with van der Waals surface area (Å²) in [6.07, 6.45) is 6.43. The summed E-state index contributed by atoms with van der Waals surface area (Å²) in [5.74, 6) is 0.798. The first-order chi connectivity index (χ1) is 12.5. The number of hydrogen-bond acceptors (Lipinski definition) is 5. The molecule has 0 heterocycles. The summed E-state index contributed by atoms with van der Waals surface area (Å²) in [6, 6.07) is 0. The molecule has 2 N–H and O–H groups in total. The molecule has 0 bridgehead atoms. The van der Waals surface area contributed by atoms with Crippen LogP contribution in [0.3, 0.4) is 0 Å². The van der Waals surface area contributed by atoms with Crippen LogP contribution < -0.4 is 5.73 Å². The molecule has 1 aliphatic carbocycles. The summed E-state index contributed by atoms with van der Waals surface area (Å²) >= 11 is 0. The second-order valence-electron chi connectivity index (χ2n) is 6.33. The van der Waals surface area contributed by atoms with Crippen molar-refractivity contribution < 1.29 is 25.2 Å². The normalized spacial score (nSPS) is 14.1. The zero-order chi connectivity index (χ0) is 20.2. The second kappa shape index (κ2) is 20.3. The van der Waals surface area contributed by atoms with Gasteiger partial charge in [0.15, 0.2) is 0 Å². The minimum atomic E-state index is -0.347. The predicted molar refractivity (Wildman–Crippen MR) is 107 cm³/mol. The molecule has 1 fully saturated rings. The molecule has 1 rings (SSSR count). The molecule has 0 aromatic carbocycles. The van der Waals surface area contributed by atoms with Crippen LogP contribution in [0.2, 0.25) is 0 Å². The maximum atomic E-state index is 11.5. The Labute approximate surface area is 161 Å². The Morgan fingerprint density at radius 2 is 1.46 bits per heavy atom. The molecule has 0 saturated heterocycles. The van der Waals surface area contributed by atoms with Crippen LogP contribution in [0.15, 0.2) is 0 Å². The molecule has 1 aliphatic rings. The van der Waals surface area contributed by atoms with Gasteiger partial charge in [0.2, 0.25) is 5.91 Å². The van der Waals surface area contributed by atoms with Crippen LogP contribution in [-0.4, -0.2) is 51.8 Å². The first kappa shape index (κ1) is 27.2. The quantitative estimate of drug-likeness (QED) is 0.556. The van der Waals surface area contributed by atoms with Crippen LogP contribution in [0.4, 0.5) is 0 Å². The van der Waals surface area contributed by atoms with Crippen LogP contribution in [0.5, 0.6) is 0 Å². The summed E-state index contributed by atoms with van der Waals surface area (Å²) < 4.78 is 14.9.